The molecule has 0 saturated carbocycles. The lowest BCUT2D eigenvalue weighted by Gasteiger charge is -2.05. The molecule has 0 spiro atoms. The van der Waals surface area contributed by atoms with Crippen molar-refractivity contribution in [3.05, 3.63) is 63.7 Å². The van der Waals surface area contributed by atoms with Crippen LogP contribution in [0.25, 0.3) is 6.08 Å². The van der Waals surface area contributed by atoms with Gasteiger partial charge in [0.25, 0.3) is 0 Å². The number of hydrogen-bond donors (Lipinski definition) is 2. The van der Waals surface area contributed by atoms with Crippen LogP contribution in [-0.2, 0) is 0 Å². The smallest absolute Gasteiger partial charge is 0.203 e. The van der Waals surface area contributed by atoms with Crippen molar-refractivity contribution in [1.29, 1.82) is 5.26 Å². The fraction of sp³-hybridized carbons (Fsp3) is 0.0588. The van der Waals surface area contributed by atoms with E-state index in [1.165, 1.54) is 18.2 Å². The van der Waals surface area contributed by atoms with Gasteiger partial charge in [-0.3, -0.25) is 4.79 Å². The monoisotopic (exact) mass is 313 g/mol. The molecule has 0 heterocycles. The quantitative estimate of drug-likeness (QED) is 0.390. The van der Waals surface area contributed by atoms with Crippen LogP contribution in [0.3, 0.4) is 0 Å². The number of allylic oxidation sites excluding steroid dienone is 1. The van der Waals surface area contributed by atoms with Gasteiger partial charge in [-0.05, 0) is 36.3 Å². The molecule has 0 aliphatic rings. The molecule has 4 nitrogen and oxygen atoms in total. The first-order valence-corrected chi connectivity index (χ1v) is 6.75. The van der Waals surface area contributed by atoms with Crippen LogP contribution in [0.1, 0.15) is 21.5 Å². The number of nitrogens with zero attached hydrogens (tertiary/aromatic N) is 1. The first kappa shape index (κ1) is 15.6. The summed E-state index contributed by atoms with van der Waals surface area (Å²) in [4.78, 5) is 12.4. The molecule has 0 unspecified atom stereocenters. The number of rotatable bonds is 3. The summed E-state index contributed by atoms with van der Waals surface area (Å²) in [5, 5.41) is 28.1. The van der Waals surface area contributed by atoms with Gasteiger partial charge in [0.05, 0.1) is 5.02 Å². The zero-order valence-corrected chi connectivity index (χ0v) is 12.4. The minimum absolute atomic E-state index is 0.0631. The van der Waals surface area contributed by atoms with Gasteiger partial charge in [0.15, 0.2) is 11.5 Å². The number of nitriles is 1. The maximum absolute atomic E-state index is 12.4. The second kappa shape index (κ2) is 6.33. The Balaban J connectivity index is 2.47. The topological polar surface area (TPSA) is 81.3 Å². The van der Waals surface area contributed by atoms with Gasteiger partial charge in [0.1, 0.15) is 11.6 Å². The van der Waals surface area contributed by atoms with E-state index in [0.717, 1.165) is 5.56 Å². The highest BCUT2D eigenvalue weighted by atomic mass is 35.5. The van der Waals surface area contributed by atoms with E-state index in [1.54, 1.807) is 31.2 Å². The van der Waals surface area contributed by atoms with Crippen molar-refractivity contribution >= 4 is 23.5 Å². The van der Waals surface area contributed by atoms with Crippen LogP contribution in [0.4, 0.5) is 0 Å². The lowest BCUT2D eigenvalue weighted by molar-refractivity contribution is 0.103. The molecule has 0 aliphatic heterocycles. The second-order valence-corrected chi connectivity index (χ2v) is 5.09. The molecule has 110 valence electrons. The van der Waals surface area contributed by atoms with E-state index in [2.05, 4.69) is 0 Å². The summed E-state index contributed by atoms with van der Waals surface area (Å²) in [6.07, 6.45) is 1.32. The Morgan fingerprint density at radius 1 is 1.27 bits per heavy atom. The van der Waals surface area contributed by atoms with E-state index in [-0.39, 0.29) is 10.6 Å². The summed E-state index contributed by atoms with van der Waals surface area (Å²) in [7, 11) is 0. The molecule has 2 rings (SSSR count). The number of Topliss-reactive ketones (excluding diaryl/α,β-unsaturated/α-hetero) is 1. The maximum atomic E-state index is 12.4. The number of benzene rings is 2. The van der Waals surface area contributed by atoms with Crippen molar-refractivity contribution in [2.75, 3.05) is 0 Å². The summed E-state index contributed by atoms with van der Waals surface area (Å²) < 4.78 is 0. The van der Waals surface area contributed by atoms with Gasteiger partial charge in [0, 0.05) is 5.56 Å². The predicted octanol–water partition coefficient (Wildman–Crippen LogP) is 3.85. The number of ketones is 1. The third kappa shape index (κ3) is 3.11. The molecule has 0 saturated heterocycles. The maximum Gasteiger partial charge on any atom is 0.203 e. The van der Waals surface area contributed by atoms with Crippen LogP contribution in [0.5, 0.6) is 11.5 Å². The van der Waals surface area contributed by atoms with Crippen molar-refractivity contribution in [3.8, 4) is 17.6 Å². The molecular weight excluding hydrogens is 302 g/mol. The van der Waals surface area contributed by atoms with Crippen LogP contribution in [0.15, 0.2) is 42.0 Å². The van der Waals surface area contributed by atoms with Crippen LogP contribution >= 0.6 is 11.6 Å². The average molecular weight is 314 g/mol. The van der Waals surface area contributed by atoms with Crippen LogP contribution in [0, 0.1) is 18.3 Å². The van der Waals surface area contributed by atoms with E-state index in [9.17, 15) is 20.3 Å². The van der Waals surface area contributed by atoms with Gasteiger partial charge in [-0.2, -0.15) is 5.26 Å². The van der Waals surface area contributed by atoms with Crippen LogP contribution < -0.4 is 0 Å². The Morgan fingerprint density at radius 3 is 2.55 bits per heavy atom. The number of phenolic OH excluding ortho intramolecular Hbond substituents is 2. The lowest BCUT2D eigenvalue weighted by atomic mass is 9.98. The molecule has 0 fully saturated rings. The highest BCUT2D eigenvalue weighted by molar-refractivity contribution is 6.32. The predicted molar refractivity (Wildman–Crippen MR) is 83.9 cm³/mol. The third-order valence-corrected chi connectivity index (χ3v) is 3.42. The Hall–Kier alpha value is -2.77. The molecule has 22 heavy (non-hydrogen) atoms. The molecule has 2 N–H and O–H groups in total. The molecule has 0 aliphatic carbocycles. The van der Waals surface area contributed by atoms with Gasteiger partial charge < -0.3 is 10.2 Å². The Kier molecular flexibility index (Phi) is 4.50. The van der Waals surface area contributed by atoms with Crippen molar-refractivity contribution < 1.29 is 15.0 Å². The van der Waals surface area contributed by atoms with Crippen molar-refractivity contribution in [3.63, 3.8) is 0 Å². The SMILES string of the molecule is Cc1ccccc1C(=O)/C(C#N)=C/c1cc(O)c(O)c(Cl)c1. The largest absolute Gasteiger partial charge is 0.504 e. The first-order valence-electron chi connectivity index (χ1n) is 6.37. The fourth-order valence-electron chi connectivity index (χ4n) is 1.98. The molecule has 0 amide bonds. The van der Waals surface area contributed by atoms with Crippen LogP contribution in [0.2, 0.25) is 5.02 Å². The van der Waals surface area contributed by atoms with E-state index >= 15 is 0 Å². The van der Waals surface area contributed by atoms with Crippen molar-refractivity contribution in [2.24, 2.45) is 0 Å². The Morgan fingerprint density at radius 2 is 1.95 bits per heavy atom. The summed E-state index contributed by atoms with van der Waals surface area (Å²) >= 11 is 5.76. The summed E-state index contributed by atoms with van der Waals surface area (Å²) in [5.41, 5.74) is 1.46. The summed E-state index contributed by atoms with van der Waals surface area (Å²) in [6.45, 7) is 1.78. The molecule has 5 heteroatoms. The highest BCUT2D eigenvalue weighted by Crippen LogP contribution is 2.34. The Labute approximate surface area is 132 Å². The van der Waals surface area contributed by atoms with E-state index in [4.69, 9.17) is 11.6 Å². The third-order valence-electron chi connectivity index (χ3n) is 3.13. The number of halogens is 1. The summed E-state index contributed by atoms with van der Waals surface area (Å²) in [6, 6.07) is 11.4. The van der Waals surface area contributed by atoms with E-state index < -0.39 is 17.3 Å². The zero-order valence-electron chi connectivity index (χ0n) is 11.7. The Bertz CT molecular complexity index is 796. The number of hydrogen-bond acceptors (Lipinski definition) is 4. The molecule has 0 atom stereocenters. The number of aromatic hydroxyl groups is 2. The van der Waals surface area contributed by atoms with Gasteiger partial charge in [-0.25, -0.2) is 0 Å². The van der Waals surface area contributed by atoms with Crippen molar-refractivity contribution in [1.82, 2.24) is 0 Å². The van der Waals surface area contributed by atoms with Crippen molar-refractivity contribution in [2.45, 2.75) is 6.92 Å². The molecule has 0 aromatic heterocycles. The summed E-state index contributed by atoms with van der Waals surface area (Å²) in [5.74, 6) is -1.27. The average Bonchev–Trinajstić information content (AvgIpc) is 2.50. The van der Waals surface area contributed by atoms with Gasteiger partial charge >= 0.3 is 0 Å². The standard InChI is InChI=1S/C17H12ClNO3/c1-10-4-2-3-5-13(10)16(21)12(9-19)6-11-7-14(18)17(22)15(20)8-11/h2-8,20,22H,1H3/b12-6+. The molecule has 2 aromatic rings. The number of aryl methyl sites for hydroxylation is 1. The molecular formula is C17H12ClNO3. The second-order valence-electron chi connectivity index (χ2n) is 4.68. The van der Waals surface area contributed by atoms with E-state index in [0.29, 0.717) is 11.1 Å². The number of carbonyl (C=O) groups is 1. The van der Waals surface area contributed by atoms with Gasteiger partial charge in [0.2, 0.25) is 5.78 Å². The zero-order chi connectivity index (χ0) is 16.3. The molecule has 0 bridgehead atoms. The minimum atomic E-state index is -0.442. The van der Waals surface area contributed by atoms with Gasteiger partial charge in [-0.15, -0.1) is 0 Å². The first-order chi connectivity index (χ1) is 10.4. The van der Waals surface area contributed by atoms with Crippen LogP contribution in [-0.4, -0.2) is 16.0 Å². The fourth-order valence-corrected chi connectivity index (χ4v) is 2.20. The minimum Gasteiger partial charge on any atom is -0.504 e. The molecule has 0 radical (unpaired) electrons. The van der Waals surface area contributed by atoms with Gasteiger partial charge in [-0.1, -0.05) is 35.9 Å². The number of carbonyl (C=O) groups excluding carboxylic acids is 1. The van der Waals surface area contributed by atoms with E-state index in [1.807, 2.05) is 6.07 Å². The highest BCUT2D eigenvalue weighted by Gasteiger charge is 2.15. The molecule has 2 aromatic carbocycles. The normalized spacial score (nSPS) is 11.0. The lowest BCUT2D eigenvalue weighted by Crippen LogP contribution is -2.04. The number of phenols is 2.